The fraction of sp³-hybridized carbons (Fsp3) is 0.214. The minimum atomic E-state index is -3.71. The standard InChI is InChI=1S/C14H14N2O2S/c1-10-4-6-13(7-5-10)19(17,18)16-12(3)8-11(2)14(16)9-15/h4-8H,1-3H3. The van der Waals surface area contributed by atoms with E-state index in [1.165, 1.54) is 0 Å². The Kier molecular flexibility index (Phi) is 3.21. The summed E-state index contributed by atoms with van der Waals surface area (Å²) < 4.78 is 26.2. The van der Waals surface area contributed by atoms with Crippen LogP contribution in [0, 0.1) is 32.1 Å². The fourth-order valence-corrected chi connectivity index (χ4v) is 3.58. The molecule has 0 saturated heterocycles. The van der Waals surface area contributed by atoms with Gasteiger partial charge in [-0.1, -0.05) is 17.7 Å². The average molecular weight is 274 g/mol. The molecule has 0 aliphatic rings. The second kappa shape index (κ2) is 4.56. The molecule has 4 nitrogen and oxygen atoms in total. The second-order valence-electron chi connectivity index (χ2n) is 4.51. The largest absolute Gasteiger partial charge is 0.268 e. The van der Waals surface area contributed by atoms with Crippen LogP contribution in [0.4, 0.5) is 0 Å². The highest BCUT2D eigenvalue weighted by atomic mass is 32.2. The Labute approximate surface area is 113 Å². The van der Waals surface area contributed by atoms with Gasteiger partial charge in [-0.25, -0.2) is 12.4 Å². The lowest BCUT2D eigenvalue weighted by Crippen LogP contribution is -2.16. The van der Waals surface area contributed by atoms with Crippen LogP contribution in [-0.4, -0.2) is 12.4 Å². The smallest absolute Gasteiger partial charge is 0.228 e. The zero-order chi connectivity index (χ0) is 14.2. The van der Waals surface area contributed by atoms with Crippen molar-refractivity contribution in [2.24, 2.45) is 0 Å². The lowest BCUT2D eigenvalue weighted by molar-refractivity contribution is 0.585. The van der Waals surface area contributed by atoms with E-state index in [0.29, 0.717) is 11.3 Å². The molecule has 5 heteroatoms. The summed E-state index contributed by atoms with van der Waals surface area (Å²) in [6.45, 7) is 5.30. The number of hydrogen-bond acceptors (Lipinski definition) is 3. The van der Waals surface area contributed by atoms with Gasteiger partial charge in [0.2, 0.25) is 0 Å². The monoisotopic (exact) mass is 274 g/mol. The van der Waals surface area contributed by atoms with Gasteiger partial charge in [0.05, 0.1) is 4.90 Å². The van der Waals surface area contributed by atoms with E-state index in [0.717, 1.165) is 9.54 Å². The van der Waals surface area contributed by atoms with Crippen molar-refractivity contribution in [2.45, 2.75) is 25.7 Å². The van der Waals surface area contributed by atoms with Crippen molar-refractivity contribution in [3.8, 4) is 6.07 Å². The van der Waals surface area contributed by atoms with E-state index >= 15 is 0 Å². The van der Waals surface area contributed by atoms with Crippen LogP contribution in [0.5, 0.6) is 0 Å². The quantitative estimate of drug-likeness (QED) is 0.845. The second-order valence-corrected chi connectivity index (χ2v) is 6.30. The first-order chi connectivity index (χ1) is 8.87. The summed E-state index contributed by atoms with van der Waals surface area (Å²) >= 11 is 0. The van der Waals surface area contributed by atoms with Gasteiger partial charge < -0.3 is 0 Å². The summed E-state index contributed by atoms with van der Waals surface area (Å²) in [5.74, 6) is 0. The van der Waals surface area contributed by atoms with Crippen LogP contribution >= 0.6 is 0 Å². The van der Waals surface area contributed by atoms with E-state index in [2.05, 4.69) is 0 Å². The minimum absolute atomic E-state index is 0.165. The summed E-state index contributed by atoms with van der Waals surface area (Å²) in [5.41, 5.74) is 2.35. The molecule has 0 aliphatic carbocycles. The third kappa shape index (κ3) is 2.15. The number of benzene rings is 1. The molecule has 0 aliphatic heterocycles. The normalized spacial score (nSPS) is 11.3. The lowest BCUT2D eigenvalue weighted by Gasteiger charge is -2.09. The van der Waals surface area contributed by atoms with Crippen molar-refractivity contribution in [3.63, 3.8) is 0 Å². The molecule has 19 heavy (non-hydrogen) atoms. The fourth-order valence-electron chi connectivity index (χ4n) is 2.04. The van der Waals surface area contributed by atoms with E-state index in [-0.39, 0.29) is 10.6 Å². The Balaban J connectivity index is 2.71. The van der Waals surface area contributed by atoms with Crippen molar-refractivity contribution in [2.75, 3.05) is 0 Å². The van der Waals surface area contributed by atoms with Crippen LogP contribution < -0.4 is 0 Å². The minimum Gasteiger partial charge on any atom is -0.228 e. The Hall–Kier alpha value is -2.06. The Morgan fingerprint density at radius 3 is 2.21 bits per heavy atom. The van der Waals surface area contributed by atoms with Gasteiger partial charge in [0.25, 0.3) is 10.0 Å². The van der Waals surface area contributed by atoms with Crippen LogP contribution in [0.2, 0.25) is 0 Å². The molecule has 0 amide bonds. The molecule has 0 unspecified atom stereocenters. The molecular formula is C14H14N2O2S. The van der Waals surface area contributed by atoms with Gasteiger partial charge in [0.1, 0.15) is 11.8 Å². The zero-order valence-electron chi connectivity index (χ0n) is 11.0. The third-order valence-electron chi connectivity index (χ3n) is 2.99. The number of hydrogen-bond donors (Lipinski definition) is 0. The van der Waals surface area contributed by atoms with E-state index in [9.17, 15) is 8.42 Å². The lowest BCUT2D eigenvalue weighted by atomic mass is 10.2. The van der Waals surface area contributed by atoms with E-state index < -0.39 is 10.0 Å². The summed E-state index contributed by atoms with van der Waals surface area (Å²) in [4.78, 5) is 0.188. The van der Waals surface area contributed by atoms with E-state index in [1.807, 2.05) is 13.0 Å². The van der Waals surface area contributed by atoms with Gasteiger partial charge in [-0.05, 0) is 44.5 Å². The zero-order valence-corrected chi connectivity index (χ0v) is 11.8. The van der Waals surface area contributed by atoms with E-state index in [4.69, 9.17) is 5.26 Å². The number of rotatable bonds is 2. The summed E-state index contributed by atoms with van der Waals surface area (Å²) in [6.07, 6.45) is 0. The molecule has 1 aromatic carbocycles. The van der Waals surface area contributed by atoms with Crippen molar-refractivity contribution in [3.05, 3.63) is 52.8 Å². The van der Waals surface area contributed by atoms with Gasteiger partial charge in [-0.3, -0.25) is 0 Å². The molecule has 0 N–H and O–H groups in total. The molecule has 0 spiro atoms. The molecule has 1 aromatic heterocycles. The van der Waals surface area contributed by atoms with Crippen LogP contribution in [0.25, 0.3) is 0 Å². The molecule has 0 saturated carbocycles. The van der Waals surface area contributed by atoms with Gasteiger partial charge in [0.15, 0.2) is 0 Å². The van der Waals surface area contributed by atoms with Gasteiger partial charge in [-0.15, -0.1) is 0 Å². The predicted octanol–water partition coefficient (Wildman–Crippen LogP) is 2.52. The first-order valence-electron chi connectivity index (χ1n) is 5.79. The van der Waals surface area contributed by atoms with Crippen LogP contribution in [0.3, 0.4) is 0 Å². The van der Waals surface area contributed by atoms with Crippen molar-refractivity contribution >= 4 is 10.0 Å². The molecule has 0 atom stereocenters. The topological polar surface area (TPSA) is 62.9 Å². The molecule has 0 fully saturated rings. The highest BCUT2D eigenvalue weighted by molar-refractivity contribution is 7.90. The van der Waals surface area contributed by atoms with Gasteiger partial charge >= 0.3 is 0 Å². The molecule has 2 rings (SSSR count). The maximum absolute atomic E-state index is 12.6. The highest BCUT2D eigenvalue weighted by Gasteiger charge is 2.23. The number of nitrogens with zero attached hydrogens (tertiary/aromatic N) is 2. The maximum Gasteiger partial charge on any atom is 0.268 e. The van der Waals surface area contributed by atoms with Crippen molar-refractivity contribution in [1.29, 1.82) is 5.26 Å². The summed E-state index contributed by atoms with van der Waals surface area (Å²) in [7, 11) is -3.71. The summed E-state index contributed by atoms with van der Waals surface area (Å²) in [6, 6.07) is 10.2. The molecule has 2 aromatic rings. The average Bonchev–Trinajstić information content (AvgIpc) is 2.64. The molecule has 0 bridgehead atoms. The first kappa shape index (κ1) is 13.4. The molecule has 0 radical (unpaired) electrons. The van der Waals surface area contributed by atoms with Crippen LogP contribution in [-0.2, 0) is 10.0 Å². The molecule has 1 heterocycles. The Morgan fingerprint density at radius 2 is 1.68 bits per heavy atom. The summed E-state index contributed by atoms with van der Waals surface area (Å²) in [5, 5.41) is 9.13. The van der Waals surface area contributed by atoms with Gasteiger partial charge in [-0.2, -0.15) is 5.26 Å². The number of aryl methyl sites for hydroxylation is 3. The predicted molar refractivity (Wildman–Crippen MR) is 72.4 cm³/mol. The van der Waals surface area contributed by atoms with Crippen LogP contribution in [0.15, 0.2) is 35.2 Å². The molecular weight excluding hydrogens is 260 g/mol. The van der Waals surface area contributed by atoms with E-state index in [1.54, 1.807) is 44.2 Å². The molecule has 98 valence electrons. The SMILES string of the molecule is Cc1ccc(S(=O)(=O)n2c(C)cc(C)c2C#N)cc1. The van der Waals surface area contributed by atoms with Crippen molar-refractivity contribution in [1.82, 2.24) is 3.97 Å². The van der Waals surface area contributed by atoms with Gasteiger partial charge in [0, 0.05) is 5.69 Å². The number of aromatic nitrogens is 1. The Bertz CT molecular complexity index is 763. The third-order valence-corrected chi connectivity index (χ3v) is 4.81. The van der Waals surface area contributed by atoms with Crippen LogP contribution in [0.1, 0.15) is 22.5 Å². The number of nitriles is 1. The highest BCUT2D eigenvalue weighted by Crippen LogP contribution is 2.22. The van der Waals surface area contributed by atoms with Crippen molar-refractivity contribution < 1.29 is 8.42 Å². The Morgan fingerprint density at radius 1 is 1.11 bits per heavy atom. The first-order valence-corrected chi connectivity index (χ1v) is 7.23. The maximum atomic E-state index is 12.6.